The highest BCUT2D eigenvalue weighted by Gasteiger charge is 2.12. The molecule has 122 valence electrons. The number of nitrogens with two attached hydrogens (primary N) is 1. The molecule has 0 fully saturated rings. The van der Waals surface area contributed by atoms with Gasteiger partial charge >= 0.3 is 0 Å². The number of aryl methyl sites for hydroxylation is 2. The summed E-state index contributed by atoms with van der Waals surface area (Å²) in [6, 6.07) is 9.54. The summed E-state index contributed by atoms with van der Waals surface area (Å²) in [6.07, 6.45) is 1.62. The highest BCUT2D eigenvalue weighted by atomic mass is 32.1. The zero-order valence-corrected chi connectivity index (χ0v) is 14.2. The van der Waals surface area contributed by atoms with Crippen LogP contribution in [0, 0.1) is 13.8 Å². The molecule has 3 N–H and O–H groups in total. The predicted molar refractivity (Wildman–Crippen MR) is 97.0 cm³/mol. The third-order valence-corrected chi connectivity index (χ3v) is 3.94. The Morgan fingerprint density at radius 3 is 2.79 bits per heavy atom. The summed E-state index contributed by atoms with van der Waals surface area (Å²) in [7, 11) is 0. The van der Waals surface area contributed by atoms with Gasteiger partial charge in [0, 0.05) is 17.1 Å². The molecule has 0 aliphatic carbocycles. The van der Waals surface area contributed by atoms with E-state index in [9.17, 15) is 5.11 Å². The lowest BCUT2D eigenvalue weighted by atomic mass is 10.1. The number of nitrogens with zero attached hydrogens (tertiary/aromatic N) is 2. The van der Waals surface area contributed by atoms with E-state index in [1.54, 1.807) is 12.3 Å². The van der Waals surface area contributed by atoms with Gasteiger partial charge in [0.05, 0.1) is 23.6 Å². The van der Waals surface area contributed by atoms with E-state index >= 15 is 0 Å². The number of rotatable bonds is 3. The average Bonchev–Trinajstić information content (AvgIpc) is 2.55. The summed E-state index contributed by atoms with van der Waals surface area (Å²) < 4.78 is 5.96. The molecule has 24 heavy (non-hydrogen) atoms. The molecule has 0 bridgehead atoms. The molecular weight excluding hydrogens is 322 g/mol. The first-order chi connectivity index (χ1) is 11.5. The van der Waals surface area contributed by atoms with Crippen LogP contribution in [-0.2, 0) is 6.61 Å². The average molecular weight is 339 g/mol. The van der Waals surface area contributed by atoms with Gasteiger partial charge in [-0.15, -0.1) is 0 Å². The molecule has 3 aromatic rings. The monoisotopic (exact) mass is 339 g/mol. The van der Waals surface area contributed by atoms with Crippen LogP contribution in [0.15, 0.2) is 45.9 Å². The lowest BCUT2D eigenvalue weighted by molar-refractivity contribution is 0.282. The van der Waals surface area contributed by atoms with Crippen LogP contribution in [0.25, 0.3) is 11.0 Å². The molecule has 0 unspecified atom stereocenters. The van der Waals surface area contributed by atoms with E-state index in [0.717, 1.165) is 16.6 Å². The smallest absolute Gasteiger partial charge is 0.230 e. The van der Waals surface area contributed by atoms with Crippen molar-refractivity contribution in [1.29, 1.82) is 0 Å². The van der Waals surface area contributed by atoms with Crippen molar-refractivity contribution in [2.45, 2.75) is 20.5 Å². The van der Waals surface area contributed by atoms with Crippen molar-refractivity contribution >= 4 is 33.9 Å². The third-order valence-electron chi connectivity index (χ3n) is 3.72. The van der Waals surface area contributed by atoms with Gasteiger partial charge in [0.15, 0.2) is 5.58 Å². The Kier molecular flexibility index (Phi) is 4.42. The molecule has 0 atom stereocenters. The molecule has 0 spiro atoms. The van der Waals surface area contributed by atoms with Gasteiger partial charge < -0.3 is 15.3 Å². The van der Waals surface area contributed by atoms with Crippen LogP contribution in [0.2, 0.25) is 0 Å². The second-order valence-corrected chi connectivity index (χ2v) is 5.99. The van der Waals surface area contributed by atoms with Gasteiger partial charge in [-0.3, -0.25) is 4.98 Å². The normalized spacial score (nSPS) is 11.9. The van der Waals surface area contributed by atoms with Crippen molar-refractivity contribution in [3.05, 3.63) is 64.5 Å². The quantitative estimate of drug-likeness (QED) is 0.717. The number of thiocarbonyl (C=S) groups is 1. The molecule has 3 rings (SSSR count). The molecule has 2 heterocycles. The van der Waals surface area contributed by atoms with E-state index in [2.05, 4.69) is 9.98 Å². The maximum absolute atomic E-state index is 9.52. The van der Waals surface area contributed by atoms with Crippen LogP contribution in [0.5, 0.6) is 0 Å². The molecule has 0 saturated heterocycles. The number of aliphatic hydroxyl groups is 1. The summed E-state index contributed by atoms with van der Waals surface area (Å²) in [5.74, 6) is 0. The Bertz CT molecular complexity index is 1010. The lowest BCUT2D eigenvalue weighted by Gasteiger charge is -2.08. The van der Waals surface area contributed by atoms with Crippen molar-refractivity contribution < 1.29 is 9.52 Å². The van der Waals surface area contributed by atoms with Crippen molar-refractivity contribution in [2.75, 3.05) is 0 Å². The second kappa shape index (κ2) is 6.51. The Labute approximate surface area is 144 Å². The first-order valence-electron chi connectivity index (χ1n) is 7.44. The first-order valence-corrected chi connectivity index (χ1v) is 7.85. The van der Waals surface area contributed by atoms with Gasteiger partial charge in [-0.05, 0) is 37.6 Å². The van der Waals surface area contributed by atoms with Gasteiger partial charge in [0.2, 0.25) is 5.55 Å². The van der Waals surface area contributed by atoms with Crippen LogP contribution >= 0.6 is 12.2 Å². The molecule has 0 aliphatic heterocycles. The second-order valence-electron chi connectivity index (χ2n) is 5.55. The molecule has 0 radical (unpaired) electrons. The minimum atomic E-state index is -0.148. The summed E-state index contributed by atoms with van der Waals surface area (Å²) in [5, 5.41) is 10.3. The molecule has 0 saturated carbocycles. The van der Waals surface area contributed by atoms with Gasteiger partial charge in [0.25, 0.3) is 0 Å². The fourth-order valence-electron chi connectivity index (χ4n) is 2.49. The molecular formula is C18H17N3O2S. The first kappa shape index (κ1) is 16.3. The van der Waals surface area contributed by atoms with Crippen LogP contribution in [0.3, 0.4) is 0 Å². The molecule has 5 nitrogen and oxygen atoms in total. The summed E-state index contributed by atoms with van der Waals surface area (Å²) in [5.41, 5.74) is 10.5. The van der Waals surface area contributed by atoms with E-state index in [0.29, 0.717) is 28.0 Å². The van der Waals surface area contributed by atoms with Crippen LogP contribution in [0.1, 0.15) is 22.4 Å². The number of hydrogen-bond donors (Lipinski definition) is 2. The summed E-state index contributed by atoms with van der Waals surface area (Å²) in [4.78, 5) is 8.99. The Balaban J connectivity index is 2.37. The van der Waals surface area contributed by atoms with Crippen molar-refractivity contribution in [2.24, 2.45) is 10.7 Å². The standard InChI is InChI=1S/C18H17N3O2S/c1-10-4-3-5-13(6-10)21-18-15(17(19)24)7-14-12(9-22)8-20-11(2)16(14)23-18/h3-8,22H,9H2,1-2H3,(H2,19,24). The minimum Gasteiger partial charge on any atom is -0.436 e. The van der Waals surface area contributed by atoms with Crippen LogP contribution in [0.4, 0.5) is 5.69 Å². The molecule has 0 amide bonds. The minimum absolute atomic E-state index is 0.148. The maximum atomic E-state index is 9.52. The Morgan fingerprint density at radius 2 is 2.12 bits per heavy atom. The van der Waals surface area contributed by atoms with E-state index < -0.39 is 0 Å². The number of hydrogen-bond acceptors (Lipinski definition) is 5. The number of fused-ring (bicyclic) bond motifs is 1. The van der Waals surface area contributed by atoms with Gasteiger partial charge in [0.1, 0.15) is 4.99 Å². The highest BCUT2D eigenvalue weighted by molar-refractivity contribution is 7.80. The van der Waals surface area contributed by atoms with E-state index in [1.165, 1.54) is 0 Å². The largest absolute Gasteiger partial charge is 0.436 e. The number of aliphatic hydroxyl groups excluding tert-OH is 1. The zero-order chi connectivity index (χ0) is 17.3. The fourth-order valence-corrected chi connectivity index (χ4v) is 2.64. The van der Waals surface area contributed by atoms with Crippen LogP contribution in [-0.4, -0.2) is 15.1 Å². The van der Waals surface area contributed by atoms with Gasteiger partial charge in [-0.2, -0.15) is 0 Å². The topological polar surface area (TPSA) is 84.6 Å². The zero-order valence-electron chi connectivity index (χ0n) is 13.4. The number of pyridine rings is 1. The van der Waals surface area contributed by atoms with Crippen molar-refractivity contribution in [1.82, 2.24) is 4.98 Å². The molecule has 6 heteroatoms. The lowest BCUT2D eigenvalue weighted by Crippen LogP contribution is -2.21. The van der Waals surface area contributed by atoms with Crippen LogP contribution < -0.4 is 11.3 Å². The summed E-state index contributed by atoms with van der Waals surface area (Å²) >= 11 is 5.15. The highest BCUT2D eigenvalue weighted by Crippen LogP contribution is 2.21. The van der Waals surface area contributed by atoms with Crippen molar-refractivity contribution in [3.8, 4) is 0 Å². The SMILES string of the molecule is Cc1cccc(N=c2oc3c(C)ncc(CO)c3cc2C(N)=S)c1. The Hall–Kier alpha value is -2.57. The van der Waals surface area contributed by atoms with Crippen molar-refractivity contribution in [3.63, 3.8) is 0 Å². The molecule has 1 aromatic carbocycles. The van der Waals surface area contributed by atoms with Gasteiger partial charge in [-0.1, -0.05) is 24.4 Å². The fraction of sp³-hybridized carbons (Fsp3) is 0.167. The molecule has 0 aliphatic rings. The Morgan fingerprint density at radius 1 is 1.33 bits per heavy atom. The van der Waals surface area contributed by atoms with E-state index in [-0.39, 0.29) is 11.6 Å². The van der Waals surface area contributed by atoms with E-state index in [4.69, 9.17) is 22.4 Å². The number of benzene rings is 1. The van der Waals surface area contributed by atoms with E-state index in [1.807, 2.05) is 38.1 Å². The predicted octanol–water partition coefficient (Wildman–Crippen LogP) is 2.80. The number of aromatic nitrogens is 1. The van der Waals surface area contributed by atoms with Gasteiger partial charge in [-0.25, -0.2) is 4.99 Å². The molecule has 2 aromatic heterocycles. The third kappa shape index (κ3) is 3.06. The summed E-state index contributed by atoms with van der Waals surface area (Å²) in [6.45, 7) is 3.68. The maximum Gasteiger partial charge on any atom is 0.230 e.